The van der Waals surface area contributed by atoms with Gasteiger partial charge in [-0.05, 0) is 19.8 Å². The summed E-state index contributed by atoms with van der Waals surface area (Å²) < 4.78 is 8.62. The lowest BCUT2D eigenvalue weighted by Gasteiger charge is -2.27. The maximum absolute atomic E-state index is 12.8. The molecule has 1 saturated heterocycles. The van der Waals surface area contributed by atoms with E-state index in [0.29, 0.717) is 24.9 Å². The third-order valence-corrected chi connectivity index (χ3v) is 5.98. The van der Waals surface area contributed by atoms with Gasteiger partial charge in [-0.15, -0.1) is 10.2 Å². The predicted molar refractivity (Wildman–Crippen MR) is 108 cm³/mol. The van der Waals surface area contributed by atoms with Gasteiger partial charge in [0.25, 0.3) is 5.56 Å². The molecule has 2 aromatic rings. The molecule has 1 saturated carbocycles. The van der Waals surface area contributed by atoms with Gasteiger partial charge in [-0.2, -0.15) is 0 Å². The quantitative estimate of drug-likeness (QED) is 0.462. The summed E-state index contributed by atoms with van der Waals surface area (Å²) in [6.07, 6.45) is 1.62. The summed E-state index contributed by atoms with van der Waals surface area (Å²) in [6, 6.07) is -0.0437. The zero-order valence-electron chi connectivity index (χ0n) is 16.1. The van der Waals surface area contributed by atoms with Crippen molar-refractivity contribution >= 4 is 29.3 Å². The van der Waals surface area contributed by atoms with Crippen LogP contribution in [0.4, 0.5) is 11.8 Å². The number of ketones is 1. The molecule has 1 aliphatic carbocycles. The van der Waals surface area contributed by atoms with E-state index < -0.39 is 17.0 Å². The molecule has 3 heterocycles. The fourth-order valence-corrected chi connectivity index (χ4v) is 4.26. The number of nitrogens with one attached hydrogen (secondary N) is 1. The number of aromatic nitrogens is 5. The second-order valence-corrected chi connectivity index (χ2v) is 7.90. The fourth-order valence-electron chi connectivity index (χ4n) is 3.39. The van der Waals surface area contributed by atoms with Crippen LogP contribution >= 0.6 is 11.8 Å². The summed E-state index contributed by atoms with van der Waals surface area (Å²) in [4.78, 5) is 41.3. The largest absolute Gasteiger partial charge is 0.384 e. The molecule has 0 bridgehead atoms. The second kappa shape index (κ2) is 8.03. The average Bonchev–Trinajstić information content (AvgIpc) is 3.44. The summed E-state index contributed by atoms with van der Waals surface area (Å²) in [5.74, 6) is 0.210. The third kappa shape index (κ3) is 3.81. The van der Waals surface area contributed by atoms with E-state index in [4.69, 9.17) is 10.5 Å². The van der Waals surface area contributed by atoms with E-state index >= 15 is 0 Å². The summed E-state index contributed by atoms with van der Waals surface area (Å²) in [7, 11) is 0. The lowest BCUT2D eigenvalue weighted by atomic mass is 10.2. The van der Waals surface area contributed by atoms with Crippen molar-refractivity contribution in [3.8, 4) is 0 Å². The Kier molecular flexibility index (Phi) is 5.46. The van der Waals surface area contributed by atoms with Crippen molar-refractivity contribution in [1.82, 2.24) is 24.3 Å². The van der Waals surface area contributed by atoms with Crippen LogP contribution < -0.4 is 21.9 Å². The minimum Gasteiger partial charge on any atom is -0.384 e. The zero-order chi connectivity index (χ0) is 20.5. The monoisotopic (exact) mass is 421 g/mol. The standard InChI is InChI=1S/C17H23N7O4S/c1-2-23-15(22-5-7-28-8-6-22)20-21-17(23)29-9-11(25)12-13(18)24(10-3-4-10)16(27)19-14(12)26/h10H,2-9,18H2,1H3,(H,19,26,27). The number of carbonyl (C=O) groups is 1. The highest BCUT2D eigenvalue weighted by Gasteiger charge is 2.30. The number of carbonyl (C=O) groups excluding carboxylic acids is 1. The number of Topliss-reactive ketones (excluding diaryl/α,β-unsaturated/α-hetero) is 1. The number of nitrogens with two attached hydrogens (primary N) is 1. The van der Waals surface area contributed by atoms with Crippen molar-refractivity contribution < 1.29 is 9.53 Å². The van der Waals surface area contributed by atoms with Gasteiger partial charge in [-0.25, -0.2) is 4.79 Å². The van der Waals surface area contributed by atoms with Crippen LogP contribution in [0.3, 0.4) is 0 Å². The van der Waals surface area contributed by atoms with E-state index in [1.54, 1.807) is 0 Å². The normalized spacial score (nSPS) is 16.9. The molecule has 2 fully saturated rings. The Bertz CT molecular complexity index is 1030. The molecule has 2 aliphatic rings. The number of morpholine rings is 1. The van der Waals surface area contributed by atoms with Gasteiger partial charge in [0.2, 0.25) is 5.95 Å². The van der Waals surface area contributed by atoms with Gasteiger partial charge in [0, 0.05) is 25.7 Å². The SMILES string of the molecule is CCn1c(SCC(=O)c2c(N)n(C3CC3)c(=O)[nH]c2=O)nnc1N1CCOCC1. The number of H-pyrrole nitrogens is 1. The van der Waals surface area contributed by atoms with Crippen molar-refractivity contribution in [2.75, 3.05) is 42.7 Å². The number of aromatic amines is 1. The van der Waals surface area contributed by atoms with Crippen LogP contribution in [0.15, 0.2) is 14.7 Å². The first-order valence-corrected chi connectivity index (χ1v) is 10.6. The van der Waals surface area contributed by atoms with Gasteiger partial charge in [0.1, 0.15) is 11.4 Å². The summed E-state index contributed by atoms with van der Waals surface area (Å²) in [5, 5.41) is 9.07. The highest BCUT2D eigenvalue weighted by atomic mass is 32.2. The Labute approximate surface area is 170 Å². The molecule has 156 valence electrons. The van der Waals surface area contributed by atoms with Gasteiger partial charge < -0.3 is 15.4 Å². The molecule has 0 radical (unpaired) electrons. The number of thioether (sulfide) groups is 1. The van der Waals surface area contributed by atoms with Crippen LogP contribution in [0.5, 0.6) is 0 Å². The first-order valence-electron chi connectivity index (χ1n) is 9.57. The van der Waals surface area contributed by atoms with E-state index in [-0.39, 0.29) is 23.2 Å². The molecule has 3 N–H and O–H groups in total. The molecule has 29 heavy (non-hydrogen) atoms. The van der Waals surface area contributed by atoms with Crippen molar-refractivity contribution in [3.05, 3.63) is 26.4 Å². The van der Waals surface area contributed by atoms with Gasteiger partial charge in [0.15, 0.2) is 10.9 Å². The molecule has 11 nitrogen and oxygen atoms in total. The Hall–Kier alpha value is -2.60. The smallest absolute Gasteiger partial charge is 0.330 e. The number of rotatable bonds is 7. The molecule has 0 spiro atoms. The Morgan fingerprint density at radius 2 is 2.00 bits per heavy atom. The van der Waals surface area contributed by atoms with Gasteiger partial charge in [-0.3, -0.25) is 23.7 Å². The number of nitrogens with zero attached hydrogens (tertiary/aromatic N) is 5. The summed E-state index contributed by atoms with van der Waals surface area (Å²) in [6.45, 7) is 5.36. The van der Waals surface area contributed by atoms with Crippen molar-refractivity contribution in [2.24, 2.45) is 0 Å². The number of hydrogen-bond acceptors (Lipinski definition) is 9. The molecule has 2 aromatic heterocycles. The minimum atomic E-state index is -0.749. The molecule has 1 aliphatic heterocycles. The maximum atomic E-state index is 12.8. The van der Waals surface area contributed by atoms with E-state index in [0.717, 1.165) is 31.9 Å². The molecule has 12 heteroatoms. The lowest BCUT2D eigenvalue weighted by molar-refractivity contribution is 0.102. The lowest BCUT2D eigenvalue weighted by Crippen LogP contribution is -2.38. The predicted octanol–water partition coefficient (Wildman–Crippen LogP) is -0.123. The Morgan fingerprint density at radius 1 is 1.28 bits per heavy atom. The topological polar surface area (TPSA) is 141 Å². The van der Waals surface area contributed by atoms with Gasteiger partial charge in [-0.1, -0.05) is 11.8 Å². The summed E-state index contributed by atoms with van der Waals surface area (Å²) >= 11 is 1.20. The van der Waals surface area contributed by atoms with E-state index in [2.05, 4.69) is 20.1 Å². The van der Waals surface area contributed by atoms with E-state index in [9.17, 15) is 14.4 Å². The van der Waals surface area contributed by atoms with E-state index in [1.807, 2.05) is 11.5 Å². The molecular formula is C17H23N7O4S. The highest BCUT2D eigenvalue weighted by Crippen LogP contribution is 2.35. The number of hydrogen-bond donors (Lipinski definition) is 2. The molecule has 0 aromatic carbocycles. The number of nitrogen functional groups attached to an aromatic ring is 1. The van der Waals surface area contributed by atoms with Crippen molar-refractivity contribution in [3.63, 3.8) is 0 Å². The number of anilines is 2. The first kappa shape index (κ1) is 19.7. The fraction of sp³-hybridized carbons (Fsp3) is 0.588. The Morgan fingerprint density at radius 3 is 2.66 bits per heavy atom. The van der Waals surface area contributed by atoms with Crippen LogP contribution in [0, 0.1) is 0 Å². The molecular weight excluding hydrogens is 398 g/mol. The average molecular weight is 421 g/mol. The minimum absolute atomic E-state index is 0.0304. The van der Waals surface area contributed by atoms with Crippen LogP contribution in [0.25, 0.3) is 0 Å². The van der Waals surface area contributed by atoms with Gasteiger partial charge in [0.05, 0.1) is 19.0 Å². The maximum Gasteiger partial charge on any atom is 0.330 e. The second-order valence-electron chi connectivity index (χ2n) is 6.96. The Balaban J connectivity index is 1.53. The van der Waals surface area contributed by atoms with Crippen molar-refractivity contribution in [2.45, 2.75) is 37.5 Å². The van der Waals surface area contributed by atoms with Crippen LogP contribution in [0.1, 0.15) is 36.2 Å². The molecule has 0 atom stereocenters. The van der Waals surface area contributed by atoms with Gasteiger partial charge >= 0.3 is 5.69 Å². The molecule has 4 rings (SSSR count). The summed E-state index contributed by atoms with van der Waals surface area (Å²) in [5.41, 5.74) is 4.53. The third-order valence-electron chi connectivity index (χ3n) is 5.01. The van der Waals surface area contributed by atoms with Crippen LogP contribution in [-0.2, 0) is 11.3 Å². The number of ether oxygens (including phenoxy) is 1. The van der Waals surface area contributed by atoms with Crippen LogP contribution in [0.2, 0.25) is 0 Å². The first-order chi connectivity index (χ1) is 14.0. The highest BCUT2D eigenvalue weighted by molar-refractivity contribution is 7.99. The van der Waals surface area contributed by atoms with Crippen LogP contribution in [-0.4, -0.2) is 62.2 Å². The van der Waals surface area contributed by atoms with Crippen molar-refractivity contribution in [1.29, 1.82) is 0 Å². The molecule has 0 amide bonds. The molecule has 0 unspecified atom stereocenters. The zero-order valence-corrected chi connectivity index (χ0v) is 16.9. The van der Waals surface area contributed by atoms with E-state index in [1.165, 1.54) is 16.3 Å².